The predicted molar refractivity (Wildman–Crippen MR) is 61.9 cm³/mol. The number of hydrogen-bond donors (Lipinski definition) is 1. The molecule has 0 saturated carbocycles. The molecule has 2 heterocycles. The molecule has 9 heteroatoms. The second-order valence-electron chi connectivity index (χ2n) is 4.69. The van der Waals surface area contributed by atoms with E-state index in [1.807, 2.05) is 11.5 Å². The number of carbonyl (C=O) groups is 1. The third-order valence-corrected chi connectivity index (χ3v) is 3.00. The van der Waals surface area contributed by atoms with Crippen molar-refractivity contribution < 1.29 is 22.7 Å². The molecule has 0 spiro atoms. The van der Waals surface area contributed by atoms with Crippen LogP contribution in [-0.4, -0.2) is 46.1 Å². The summed E-state index contributed by atoms with van der Waals surface area (Å²) in [5.74, 6) is 1.07. The third kappa shape index (κ3) is 3.92. The van der Waals surface area contributed by atoms with Gasteiger partial charge in [0, 0.05) is 19.0 Å². The van der Waals surface area contributed by atoms with Crippen LogP contribution in [0.5, 0.6) is 0 Å². The van der Waals surface area contributed by atoms with Gasteiger partial charge >= 0.3 is 6.18 Å². The van der Waals surface area contributed by atoms with E-state index >= 15 is 0 Å². The van der Waals surface area contributed by atoms with E-state index in [1.54, 1.807) is 0 Å². The van der Waals surface area contributed by atoms with Crippen LogP contribution in [0.15, 0.2) is 0 Å². The highest BCUT2D eigenvalue weighted by molar-refractivity contribution is 5.77. The van der Waals surface area contributed by atoms with Crippen molar-refractivity contribution in [2.45, 2.75) is 38.5 Å². The van der Waals surface area contributed by atoms with Crippen LogP contribution in [-0.2, 0) is 22.5 Å². The van der Waals surface area contributed by atoms with Crippen molar-refractivity contribution in [3.63, 3.8) is 0 Å². The number of rotatable bonds is 4. The van der Waals surface area contributed by atoms with Crippen molar-refractivity contribution in [3.8, 4) is 0 Å². The third-order valence-electron chi connectivity index (χ3n) is 3.00. The molecule has 0 bridgehead atoms. The quantitative estimate of drug-likeness (QED) is 0.882. The van der Waals surface area contributed by atoms with Gasteiger partial charge in [0.05, 0.1) is 0 Å². The predicted octanol–water partition coefficient (Wildman–Crippen LogP) is 0.596. The zero-order valence-corrected chi connectivity index (χ0v) is 10.9. The van der Waals surface area contributed by atoms with Crippen LogP contribution < -0.4 is 5.32 Å². The van der Waals surface area contributed by atoms with Crippen molar-refractivity contribution in [3.05, 3.63) is 11.6 Å². The van der Waals surface area contributed by atoms with Crippen LogP contribution >= 0.6 is 0 Å². The monoisotopic (exact) mass is 292 g/mol. The SMILES string of the molecule is Cc1nnc2n1CC(NC(=O)COCC(F)(F)F)CC2. The van der Waals surface area contributed by atoms with E-state index in [0.29, 0.717) is 19.4 Å². The highest BCUT2D eigenvalue weighted by Crippen LogP contribution is 2.15. The maximum Gasteiger partial charge on any atom is 0.411 e. The van der Waals surface area contributed by atoms with Crippen molar-refractivity contribution in [2.24, 2.45) is 0 Å². The van der Waals surface area contributed by atoms with Gasteiger partial charge in [-0.1, -0.05) is 0 Å². The Morgan fingerprint density at radius 1 is 1.50 bits per heavy atom. The van der Waals surface area contributed by atoms with E-state index in [1.165, 1.54) is 0 Å². The number of nitrogens with zero attached hydrogens (tertiary/aromatic N) is 3. The molecule has 1 aliphatic heterocycles. The van der Waals surface area contributed by atoms with Crippen molar-refractivity contribution in [1.29, 1.82) is 0 Å². The van der Waals surface area contributed by atoms with E-state index < -0.39 is 25.3 Å². The summed E-state index contributed by atoms with van der Waals surface area (Å²) < 4.78 is 41.8. The Hall–Kier alpha value is -1.64. The Kier molecular flexibility index (Phi) is 4.26. The number of aromatic nitrogens is 3. The van der Waals surface area contributed by atoms with Crippen molar-refractivity contribution >= 4 is 5.91 Å². The number of halogens is 3. The molecule has 20 heavy (non-hydrogen) atoms. The Balaban J connectivity index is 1.77. The highest BCUT2D eigenvalue weighted by atomic mass is 19.4. The van der Waals surface area contributed by atoms with Gasteiger partial charge in [-0.25, -0.2) is 0 Å². The van der Waals surface area contributed by atoms with Gasteiger partial charge in [0.25, 0.3) is 0 Å². The average molecular weight is 292 g/mol. The van der Waals surface area contributed by atoms with Gasteiger partial charge in [-0.3, -0.25) is 4.79 Å². The first kappa shape index (κ1) is 14.8. The fourth-order valence-electron chi connectivity index (χ4n) is 2.11. The molecule has 0 fully saturated rings. The summed E-state index contributed by atoms with van der Waals surface area (Å²) in [5, 5.41) is 10.6. The minimum absolute atomic E-state index is 0.140. The zero-order valence-electron chi connectivity index (χ0n) is 10.9. The Morgan fingerprint density at radius 2 is 2.25 bits per heavy atom. The fraction of sp³-hybridized carbons (Fsp3) is 0.727. The van der Waals surface area contributed by atoms with E-state index in [9.17, 15) is 18.0 Å². The summed E-state index contributed by atoms with van der Waals surface area (Å²) in [6.07, 6.45) is -3.06. The molecule has 1 unspecified atom stereocenters. The lowest BCUT2D eigenvalue weighted by atomic mass is 10.1. The summed E-state index contributed by atoms with van der Waals surface area (Å²) in [6, 6.07) is -0.140. The van der Waals surface area contributed by atoms with Crippen LogP contribution in [0, 0.1) is 6.92 Å². The molecule has 1 amide bonds. The summed E-state index contributed by atoms with van der Waals surface area (Å²) >= 11 is 0. The van der Waals surface area contributed by atoms with E-state index in [2.05, 4.69) is 20.3 Å². The molecule has 1 aromatic heterocycles. The molecule has 1 aliphatic rings. The van der Waals surface area contributed by atoms with Gasteiger partial charge in [0.2, 0.25) is 5.91 Å². The second-order valence-corrected chi connectivity index (χ2v) is 4.69. The molecule has 0 aliphatic carbocycles. The molecule has 0 radical (unpaired) electrons. The zero-order chi connectivity index (χ0) is 14.8. The van der Waals surface area contributed by atoms with Gasteiger partial charge in [0.15, 0.2) is 0 Å². The van der Waals surface area contributed by atoms with E-state index in [-0.39, 0.29) is 6.04 Å². The first-order valence-electron chi connectivity index (χ1n) is 6.17. The maximum atomic E-state index is 11.9. The van der Waals surface area contributed by atoms with Gasteiger partial charge in [-0.2, -0.15) is 13.2 Å². The molecule has 2 rings (SSSR count). The Bertz CT molecular complexity index is 487. The number of aryl methyl sites for hydroxylation is 2. The van der Waals surface area contributed by atoms with E-state index in [0.717, 1.165) is 11.6 Å². The topological polar surface area (TPSA) is 69.0 Å². The minimum atomic E-state index is -4.42. The van der Waals surface area contributed by atoms with Gasteiger partial charge in [0.1, 0.15) is 24.9 Å². The molecule has 0 aromatic carbocycles. The largest absolute Gasteiger partial charge is 0.411 e. The molecule has 1 atom stereocenters. The van der Waals surface area contributed by atoms with Crippen molar-refractivity contribution in [2.75, 3.05) is 13.2 Å². The number of nitrogens with one attached hydrogen (secondary N) is 1. The lowest BCUT2D eigenvalue weighted by Crippen LogP contribution is -2.43. The number of ether oxygens (including phenoxy) is 1. The first-order chi connectivity index (χ1) is 9.35. The molecular formula is C11H15F3N4O2. The highest BCUT2D eigenvalue weighted by Gasteiger charge is 2.28. The summed E-state index contributed by atoms with van der Waals surface area (Å²) in [7, 11) is 0. The number of alkyl halides is 3. The Labute approximate surface area is 113 Å². The standard InChI is InChI=1S/C11H15F3N4O2/c1-7-16-17-9-3-2-8(4-18(7)9)15-10(19)5-20-6-11(12,13)14/h8H,2-6H2,1H3,(H,15,19). The number of hydrogen-bond acceptors (Lipinski definition) is 4. The molecule has 0 saturated heterocycles. The number of fused-ring (bicyclic) bond motifs is 1. The van der Waals surface area contributed by atoms with Gasteiger partial charge < -0.3 is 14.6 Å². The molecule has 112 valence electrons. The van der Waals surface area contributed by atoms with Crippen LogP contribution in [0.25, 0.3) is 0 Å². The summed E-state index contributed by atoms with van der Waals surface area (Å²) in [6.45, 7) is 0.329. The average Bonchev–Trinajstić information content (AvgIpc) is 2.69. The second kappa shape index (κ2) is 5.78. The fourth-order valence-corrected chi connectivity index (χ4v) is 2.11. The summed E-state index contributed by atoms with van der Waals surface area (Å²) in [4.78, 5) is 11.5. The molecular weight excluding hydrogens is 277 g/mol. The number of carbonyl (C=O) groups excluding carboxylic acids is 1. The molecule has 6 nitrogen and oxygen atoms in total. The lowest BCUT2D eigenvalue weighted by Gasteiger charge is -2.24. The van der Waals surface area contributed by atoms with Crippen molar-refractivity contribution in [1.82, 2.24) is 20.1 Å². The van der Waals surface area contributed by atoms with Crippen LogP contribution in [0.4, 0.5) is 13.2 Å². The van der Waals surface area contributed by atoms with Crippen LogP contribution in [0.3, 0.4) is 0 Å². The normalized spacial score (nSPS) is 18.7. The Morgan fingerprint density at radius 3 is 2.95 bits per heavy atom. The van der Waals surface area contributed by atoms with Gasteiger partial charge in [-0.15, -0.1) is 10.2 Å². The van der Waals surface area contributed by atoms with Crippen LogP contribution in [0.1, 0.15) is 18.1 Å². The van der Waals surface area contributed by atoms with Gasteiger partial charge in [-0.05, 0) is 13.3 Å². The smallest absolute Gasteiger partial charge is 0.362 e. The molecule has 1 N–H and O–H groups in total. The maximum absolute atomic E-state index is 11.9. The first-order valence-corrected chi connectivity index (χ1v) is 6.17. The molecule has 1 aromatic rings. The minimum Gasteiger partial charge on any atom is -0.362 e. The van der Waals surface area contributed by atoms with Crippen LogP contribution in [0.2, 0.25) is 0 Å². The lowest BCUT2D eigenvalue weighted by molar-refractivity contribution is -0.175. The number of amides is 1. The summed E-state index contributed by atoms with van der Waals surface area (Å²) in [5.41, 5.74) is 0. The van der Waals surface area contributed by atoms with E-state index in [4.69, 9.17) is 0 Å².